The zero-order chi connectivity index (χ0) is 16.0. The SMILES string of the molecule is COCc1ccc(COCC(C)(C)c2ccc(Cl)cc2)cc1. The van der Waals surface area contributed by atoms with E-state index in [1.165, 1.54) is 16.7 Å². The minimum absolute atomic E-state index is 0.0411. The molecule has 0 heterocycles. The first-order valence-electron chi connectivity index (χ1n) is 7.42. The van der Waals surface area contributed by atoms with Crippen molar-refractivity contribution >= 4 is 11.6 Å². The molecule has 0 aliphatic heterocycles. The Hall–Kier alpha value is -1.35. The molecule has 0 amide bonds. The third kappa shape index (κ3) is 4.84. The van der Waals surface area contributed by atoms with Gasteiger partial charge in [-0.3, -0.25) is 0 Å². The zero-order valence-electron chi connectivity index (χ0n) is 13.4. The van der Waals surface area contributed by atoms with E-state index in [0.717, 1.165) is 5.02 Å². The van der Waals surface area contributed by atoms with Crippen LogP contribution in [-0.2, 0) is 28.1 Å². The summed E-state index contributed by atoms with van der Waals surface area (Å²) in [6, 6.07) is 16.3. The molecule has 0 aromatic heterocycles. The Kier molecular flexibility index (Phi) is 6.01. The molecule has 0 aliphatic carbocycles. The fraction of sp³-hybridized carbons (Fsp3) is 0.368. The lowest BCUT2D eigenvalue weighted by molar-refractivity contribution is 0.0824. The number of ether oxygens (including phenoxy) is 2. The van der Waals surface area contributed by atoms with Gasteiger partial charge in [-0.05, 0) is 28.8 Å². The Labute approximate surface area is 138 Å². The molecule has 0 N–H and O–H groups in total. The lowest BCUT2D eigenvalue weighted by Crippen LogP contribution is -2.24. The summed E-state index contributed by atoms with van der Waals surface area (Å²) < 4.78 is 11.0. The van der Waals surface area contributed by atoms with Gasteiger partial charge in [0.05, 0.1) is 19.8 Å². The van der Waals surface area contributed by atoms with Gasteiger partial charge in [0, 0.05) is 17.5 Å². The van der Waals surface area contributed by atoms with Crippen molar-refractivity contribution < 1.29 is 9.47 Å². The molecule has 2 aromatic rings. The van der Waals surface area contributed by atoms with Crippen molar-refractivity contribution in [2.75, 3.05) is 13.7 Å². The number of hydrogen-bond donors (Lipinski definition) is 0. The molecule has 0 saturated heterocycles. The highest BCUT2D eigenvalue weighted by atomic mass is 35.5. The van der Waals surface area contributed by atoms with Crippen molar-refractivity contribution in [2.45, 2.75) is 32.5 Å². The van der Waals surface area contributed by atoms with Gasteiger partial charge in [0.15, 0.2) is 0 Å². The lowest BCUT2D eigenvalue weighted by Gasteiger charge is -2.25. The second-order valence-corrected chi connectivity index (χ2v) is 6.57. The van der Waals surface area contributed by atoms with Crippen LogP contribution in [-0.4, -0.2) is 13.7 Å². The van der Waals surface area contributed by atoms with Crippen LogP contribution in [0.5, 0.6) is 0 Å². The Morgan fingerprint density at radius 2 is 1.41 bits per heavy atom. The van der Waals surface area contributed by atoms with E-state index in [2.05, 4.69) is 50.2 Å². The number of methoxy groups -OCH3 is 1. The molecule has 0 unspecified atom stereocenters. The van der Waals surface area contributed by atoms with E-state index in [9.17, 15) is 0 Å². The molecule has 0 radical (unpaired) electrons. The number of rotatable bonds is 7. The highest BCUT2D eigenvalue weighted by Crippen LogP contribution is 2.25. The van der Waals surface area contributed by atoms with E-state index < -0.39 is 0 Å². The molecular formula is C19H23ClO2. The lowest BCUT2D eigenvalue weighted by atomic mass is 9.86. The van der Waals surface area contributed by atoms with E-state index in [-0.39, 0.29) is 5.41 Å². The predicted molar refractivity (Wildman–Crippen MR) is 91.3 cm³/mol. The van der Waals surface area contributed by atoms with Gasteiger partial charge in [0.25, 0.3) is 0 Å². The van der Waals surface area contributed by atoms with Crippen molar-refractivity contribution in [1.29, 1.82) is 0 Å². The van der Waals surface area contributed by atoms with E-state index in [1.807, 2.05) is 12.1 Å². The maximum Gasteiger partial charge on any atom is 0.0717 e. The molecule has 2 nitrogen and oxygen atoms in total. The van der Waals surface area contributed by atoms with Crippen molar-refractivity contribution in [3.63, 3.8) is 0 Å². The van der Waals surface area contributed by atoms with Crippen molar-refractivity contribution in [3.8, 4) is 0 Å². The molecule has 22 heavy (non-hydrogen) atoms. The van der Waals surface area contributed by atoms with Crippen LogP contribution >= 0.6 is 11.6 Å². The monoisotopic (exact) mass is 318 g/mol. The van der Waals surface area contributed by atoms with Gasteiger partial charge < -0.3 is 9.47 Å². The summed E-state index contributed by atoms with van der Waals surface area (Å²) >= 11 is 5.94. The smallest absolute Gasteiger partial charge is 0.0717 e. The van der Waals surface area contributed by atoms with Crippen LogP contribution in [0.15, 0.2) is 48.5 Å². The Morgan fingerprint density at radius 3 is 1.95 bits per heavy atom. The second kappa shape index (κ2) is 7.77. The van der Waals surface area contributed by atoms with Crippen molar-refractivity contribution in [1.82, 2.24) is 0 Å². The first-order chi connectivity index (χ1) is 10.5. The fourth-order valence-corrected chi connectivity index (χ4v) is 2.43. The second-order valence-electron chi connectivity index (χ2n) is 6.13. The van der Waals surface area contributed by atoms with E-state index in [4.69, 9.17) is 21.1 Å². The zero-order valence-corrected chi connectivity index (χ0v) is 14.2. The summed E-state index contributed by atoms with van der Waals surface area (Å²) in [5.41, 5.74) is 3.53. The largest absolute Gasteiger partial charge is 0.380 e. The van der Waals surface area contributed by atoms with Crippen LogP contribution < -0.4 is 0 Å². The Bertz CT molecular complexity index is 573. The molecule has 0 bridgehead atoms. The first-order valence-corrected chi connectivity index (χ1v) is 7.79. The third-order valence-corrected chi connectivity index (χ3v) is 3.94. The van der Waals surface area contributed by atoms with Crippen molar-refractivity contribution in [3.05, 3.63) is 70.2 Å². The maximum atomic E-state index is 5.94. The number of hydrogen-bond acceptors (Lipinski definition) is 2. The predicted octanol–water partition coefficient (Wildman–Crippen LogP) is 4.98. The summed E-state index contributed by atoms with van der Waals surface area (Å²) in [7, 11) is 1.70. The normalized spacial score (nSPS) is 11.6. The van der Waals surface area contributed by atoms with Gasteiger partial charge >= 0.3 is 0 Å². The highest BCUT2D eigenvalue weighted by molar-refractivity contribution is 6.30. The fourth-order valence-electron chi connectivity index (χ4n) is 2.31. The van der Waals surface area contributed by atoms with Crippen LogP contribution in [0.2, 0.25) is 5.02 Å². The van der Waals surface area contributed by atoms with E-state index in [1.54, 1.807) is 7.11 Å². The molecule has 2 aromatic carbocycles. The minimum Gasteiger partial charge on any atom is -0.380 e. The molecule has 118 valence electrons. The summed E-state index contributed by atoms with van der Waals surface area (Å²) in [5.74, 6) is 0. The quantitative estimate of drug-likeness (QED) is 0.716. The topological polar surface area (TPSA) is 18.5 Å². The van der Waals surface area contributed by atoms with Crippen molar-refractivity contribution in [2.24, 2.45) is 0 Å². The summed E-state index contributed by atoms with van der Waals surface area (Å²) in [6.07, 6.45) is 0. The van der Waals surface area contributed by atoms with Gasteiger partial charge in [0.1, 0.15) is 0 Å². The molecule has 0 aliphatic rings. The summed E-state index contributed by atoms with van der Waals surface area (Å²) in [4.78, 5) is 0. The maximum absolute atomic E-state index is 5.94. The standard InChI is InChI=1S/C19H23ClO2/c1-19(2,17-8-10-18(20)11-9-17)14-22-13-16-6-4-15(5-7-16)12-21-3/h4-11H,12-14H2,1-3H3. The van der Waals surface area contributed by atoms with Crippen LogP contribution in [0.3, 0.4) is 0 Å². The summed E-state index contributed by atoms with van der Waals surface area (Å²) in [6.45, 7) is 6.28. The van der Waals surface area contributed by atoms with E-state index >= 15 is 0 Å². The Morgan fingerprint density at radius 1 is 0.864 bits per heavy atom. The Balaban J connectivity index is 1.88. The molecular weight excluding hydrogens is 296 g/mol. The number of benzene rings is 2. The molecule has 0 fully saturated rings. The summed E-state index contributed by atoms with van der Waals surface area (Å²) in [5, 5.41) is 0.761. The van der Waals surface area contributed by atoms with Gasteiger partial charge in [-0.15, -0.1) is 0 Å². The molecule has 0 atom stereocenters. The molecule has 0 spiro atoms. The average Bonchev–Trinajstić information content (AvgIpc) is 2.50. The average molecular weight is 319 g/mol. The van der Waals surface area contributed by atoms with Crippen LogP contribution in [0, 0.1) is 0 Å². The molecule has 0 saturated carbocycles. The van der Waals surface area contributed by atoms with Gasteiger partial charge in [-0.1, -0.05) is 61.8 Å². The van der Waals surface area contributed by atoms with Crippen LogP contribution in [0.4, 0.5) is 0 Å². The van der Waals surface area contributed by atoms with Crippen LogP contribution in [0.25, 0.3) is 0 Å². The highest BCUT2D eigenvalue weighted by Gasteiger charge is 2.20. The molecule has 2 rings (SSSR count). The minimum atomic E-state index is -0.0411. The van der Waals surface area contributed by atoms with Crippen LogP contribution in [0.1, 0.15) is 30.5 Å². The third-order valence-electron chi connectivity index (χ3n) is 3.69. The van der Waals surface area contributed by atoms with Gasteiger partial charge in [-0.2, -0.15) is 0 Å². The van der Waals surface area contributed by atoms with E-state index in [0.29, 0.717) is 19.8 Å². The first kappa shape index (κ1) is 17.0. The van der Waals surface area contributed by atoms with Gasteiger partial charge in [0.2, 0.25) is 0 Å². The molecule has 3 heteroatoms. The number of halogens is 1. The van der Waals surface area contributed by atoms with Gasteiger partial charge in [-0.25, -0.2) is 0 Å².